The van der Waals surface area contributed by atoms with Crippen molar-refractivity contribution < 1.29 is 22.1 Å². The standard InChI is InChI=1S/C30H25ClN2O6S2/c1-4-38-29(35)26-19(3)32-30-33(27(26)20-8-6-5-7-9-20)28(34)25(40-30)17-21-16-22(31)12-15-24(21)39-41(36,37)23-13-10-18(2)11-14-23/h5-17,27H,4H2,1-3H3/t27-/m0/s1. The Morgan fingerprint density at radius 2 is 1.78 bits per heavy atom. The summed E-state index contributed by atoms with van der Waals surface area (Å²) in [5, 5.41) is 0.326. The van der Waals surface area contributed by atoms with E-state index in [1.807, 2.05) is 37.3 Å². The van der Waals surface area contributed by atoms with Crippen LogP contribution in [0.15, 0.2) is 98.7 Å². The summed E-state index contributed by atoms with van der Waals surface area (Å²) in [7, 11) is -4.16. The van der Waals surface area contributed by atoms with Crippen molar-refractivity contribution in [3.8, 4) is 5.75 Å². The normalized spacial score (nSPS) is 15.3. The van der Waals surface area contributed by atoms with Gasteiger partial charge in [0.05, 0.1) is 28.5 Å². The molecule has 0 bridgehead atoms. The maximum Gasteiger partial charge on any atom is 0.339 e. The highest BCUT2D eigenvalue weighted by atomic mass is 35.5. The maximum absolute atomic E-state index is 13.9. The van der Waals surface area contributed by atoms with Crippen LogP contribution in [-0.2, 0) is 19.6 Å². The number of ether oxygens (including phenoxy) is 1. The quantitative estimate of drug-likeness (QED) is 0.226. The van der Waals surface area contributed by atoms with Crippen LogP contribution < -0.4 is 19.1 Å². The number of fused-ring (bicyclic) bond motifs is 1. The molecule has 11 heteroatoms. The Bertz CT molecular complexity index is 1960. The fourth-order valence-electron chi connectivity index (χ4n) is 4.46. The second-order valence-corrected chi connectivity index (χ2v) is 12.2. The van der Waals surface area contributed by atoms with E-state index in [9.17, 15) is 18.0 Å². The van der Waals surface area contributed by atoms with Crippen LogP contribution in [0.3, 0.4) is 0 Å². The van der Waals surface area contributed by atoms with Crippen LogP contribution in [0.1, 0.15) is 36.6 Å². The Kier molecular flexibility index (Phi) is 7.99. The van der Waals surface area contributed by atoms with E-state index < -0.39 is 27.7 Å². The molecule has 0 fully saturated rings. The van der Waals surface area contributed by atoms with E-state index in [1.54, 1.807) is 26.0 Å². The first-order valence-corrected chi connectivity index (χ1v) is 15.2. The predicted octanol–water partition coefficient (Wildman–Crippen LogP) is 4.53. The smallest absolute Gasteiger partial charge is 0.339 e. The van der Waals surface area contributed by atoms with E-state index in [0.29, 0.717) is 21.1 Å². The van der Waals surface area contributed by atoms with Gasteiger partial charge in [0.25, 0.3) is 5.56 Å². The molecule has 0 amide bonds. The summed E-state index contributed by atoms with van der Waals surface area (Å²) in [4.78, 5) is 31.8. The van der Waals surface area contributed by atoms with Crippen molar-refractivity contribution in [2.24, 2.45) is 4.99 Å². The Morgan fingerprint density at radius 3 is 2.46 bits per heavy atom. The second kappa shape index (κ2) is 11.5. The summed E-state index contributed by atoms with van der Waals surface area (Å²) >= 11 is 7.36. The molecule has 5 rings (SSSR count). The molecule has 1 aliphatic heterocycles. The minimum atomic E-state index is -4.16. The summed E-state index contributed by atoms with van der Waals surface area (Å²) < 4.78 is 38.6. The van der Waals surface area contributed by atoms with Gasteiger partial charge in [0.15, 0.2) is 4.80 Å². The molecule has 3 aromatic carbocycles. The zero-order chi connectivity index (χ0) is 29.3. The van der Waals surface area contributed by atoms with E-state index in [4.69, 9.17) is 20.5 Å². The lowest BCUT2D eigenvalue weighted by Gasteiger charge is -2.24. The summed E-state index contributed by atoms with van der Waals surface area (Å²) in [5.41, 5.74) is 2.21. The highest BCUT2D eigenvalue weighted by molar-refractivity contribution is 7.87. The van der Waals surface area contributed by atoms with Crippen LogP contribution >= 0.6 is 22.9 Å². The van der Waals surface area contributed by atoms with Gasteiger partial charge in [-0.3, -0.25) is 9.36 Å². The van der Waals surface area contributed by atoms with E-state index in [2.05, 4.69) is 4.99 Å². The van der Waals surface area contributed by atoms with Gasteiger partial charge in [-0.25, -0.2) is 9.79 Å². The number of allylic oxidation sites excluding steroid dienone is 1. The molecule has 0 saturated carbocycles. The van der Waals surface area contributed by atoms with E-state index in [0.717, 1.165) is 16.9 Å². The molecule has 8 nitrogen and oxygen atoms in total. The van der Waals surface area contributed by atoms with E-state index in [-0.39, 0.29) is 32.9 Å². The molecular weight excluding hydrogens is 584 g/mol. The van der Waals surface area contributed by atoms with E-state index in [1.165, 1.54) is 41.0 Å². The lowest BCUT2D eigenvalue weighted by atomic mass is 9.96. The predicted molar refractivity (Wildman–Crippen MR) is 157 cm³/mol. The monoisotopic (exact) mass is 608 g/mol. The second-order valence-electron chi connectivity index (χ2n) is 9.25. The fourth-order valence-corrected chi connectivity index (χ4v) is 6.63. The lowest BCUT2D eigenvalue weighted by molar-refractivity contribution is -0.139. The van der Waals surface area contributed by atoms with Crippen LogP contribution in [0.25, 0.3) is 6.08 Å². The van der Waals surface area contributed by atoms with Gasteiger partial charge in [-0.05, 0) is 62.7 Å². The number of carbonyl (C=O) groups excluding carboxylic acids is 1. The number of halogens is 1. The molecule has 41 heavy (non-hydrogen) atoms. The van der Waals surface area contributed by atoms with Gasteiger partial charge in [0.1, 0.15) is 10.6 Å². The first-order valence-electron chi connectivity index (χ1n) is 12.6. The lowest BCUT2D eigenvalue weighted by Crippen LogP contribution is -2.39. The Hall–Kier alpha value is -3.99. The highest BCUT2D eigenvalue weighted by Crippen LogP contribution is 2.31. The number of hydrogen-bond acceptors (Lipinski definition) is 8. The Balaban J connectivity index is 1.65. The van der Waals surface area contributed by atoms with Crippen molar-refractivity contribution in [1.82, 2.24) is 4.57 Å². The van der Waals surface area contributed by atoms with Gasteiger partial charge in [-0.1, -0.05) is 71.0 Å². The molecule has 1 aromatic heterocycles. The first-order chi connectivity index (χ1) is 19.6. The number of esters is 1. The topological polar surface area (TPSA) is 104 Å². The van der Waals surface area contributed by atoms with Gasteiger partial charge in [0.2, 0.25) is 0 Å². The van der Waals surface area contributed by atoms with Gasteiger partial charge in [-0.2, -0.15) is 8.42 Å². The van der Waals surface area contributed by atoms with Crippen LogP contribution in [0.5, 0.6) is 5.75 Å². The van der Waals surface area contributed by atoms with Crippen LogP contribution in [-0.4, -0.2) is 25.6 Å². The maximum atomic E-state index is 13.9. The van der Waals surface area contributed by atoms with Crippen molar-refractivity contribution in [3.63, 3.8) is 0 Å². The summed E-state index contributed by atoms with van der Waals surface area (Å²) in [6, 6.07) is 19.1. The molecule has 0 saturated heterocycles. The van der Waals surface area contributed by atoms with Gasteiger partial charge >= 0.3 is 16.1 Å². The molecule has 1 aliphatic rings. The van der Waals surface area contributed by atoms with Gasteiger partial charge < -0.3 is 8.92 Å². The van der Waals surface area contributed by atoms with Gasteiger partial charge in [0, 0.05) is 10.6 Å². The highest BCUT2D eigenvalue weighted by Gasteiger charge is 2.33. The third-order valence-corrected chi connectivity index (χ3v) is 8.87. The molecule has 1 atom stereocenters. The molecule has 0 N–H and O–H groups in total. The van der Waals surface area contributed by atoms with Gasteiger partial charge in [-0.15, -0.1) is 0 Å². The number of rotatable bonds is 7. The average Bonchev–Trinajstić information content (AvgIpc) is 3.24. The van der Waals surface area contributed by atoms with Crippen molar-refractivity contribution in [1.29, 1.82) is 0 Å². The largest absolute Gasteiger partial charge is 0.463 e. The third kappa shape index (κ3) is 5.76. The minimum Gasteiger partial charge on any atom is -0.463 e. The van der Waals surface area contributed by atoms with E-state index >= 15 is 0 Å². The van der Waals surface area contributed by atoms with Crippen molar-refractivity contribution in [2.45, 2.75) is 31.7 Å². The van der Waals surface area contributed by atoms with Crippen LogP contribution in [0.2, 0.25) is 5.02 Å². The zero-order valence-electron chi connectivity index (χ0n) is 22.3. The molecule has 0 unspecified atom stereocenters. The number of thiazole rings is 1. The molecular formula is C30H25ClN2O6S2. The molecule has 0 aliphatic carbocycles. The summed E-state index contributed by atoms with van der Waals surface area (Å²) in [6.45, 7) is 5.44. The first kappa shape index (κ1) is 28.5. The van der Waals surface area contributed by atoms with Crippen molar-refractivity contribution in [3.05, 3.63) is 125 Å². The molecule has 0 radical (unpaired) electrons. The van der Waals surface area contributed by atoms with Crippen molar-refractivity contribution >= 4 is 45.1 Å². The number of aromatic nitrogens is 1. The molecule has 210 valence electrons. The number of benzene rings is 3. The molecule has 2 heterocycles. The van der Waals surface area contributed by atoms with Crippen LogP contribution in [0.4, 0.5) is 0 Å². The molecule has 0 spiro atoms. The summed E-state index contributed by atoms with van der Waals surface area (Å²) in [5.74, 6) is -0.549. The number of nitrogens with zero attached hydrogens (tertiary/aromatic N) is 2. The van der Waals surface area contributed by atoms with Crippen LogP contribution in [0, 0.1) is 6.92 Å². The fraction of sp³-hybridized carbons (Fsp3) is 0.167. The minimum absolute atomic E-state index is 0.00353. The Labute approximate surface area is 245 Å². The molecule has 4 aromatic rings. The number of aryl methyl sites for hydroxylation is 1. The SMILES string of the molecule is CCOC(=O)C1=C(C)N=c2sc(=Cc3cc(Cl)ccc3OS(=O)(=O)c3ccc(C)cc3)c(=O)n2[C@H]1c1ccccc1. The van der Waals surface area contributed by atoms with Crippen molar-refractivity contribution in [2.75, 3.05) is 6.61 Å². The Morgan fingerprint density at radius 1 is 1.07 bits per heavy atom. The average molecular weight is 609 g/mol. The zero-order valence-corrected chi connectivity index (χ0v) is 24.7. The number of hydrogen-bond donors (Lipinski definition) is 0. The number of carbonyl (C=O) groups is 1. The summed E-state index contributed by atoms with van der Waals surface area (Å²) in [6.07, 6.45) is 1.52. The third-order valence-electron chi connectivity index (χ3n) is 6.40.